The number of amides is 2. The number of nitrogens with one attached hydrogen (secondary N) is 1. The average Bonchev–Trinajstić information content (AvgIpc) is 2.75. The number of aryl methyl sites for hydroxylation is 1. The predicted octanol–water partition coefficient (Wildman–Crippen LogP) is 4.01. The summed E-state index contributed by atoms with van der Waals surface area (Å²) < 4.78 is 26.1. The predicted molar refractivity (Wildman–Crippen MR) is 133 cm³/mol. The Morgan fingerprint density at radius 2 is 1.79 bits per heavy atom. The van der Waals surface area contributed by atoms with Gasteiger partial charge in [0.05, 0.1) is 11.9 Å². The van der Waals surface area contributed by atoms with Gasteiger partial charge in [-0.05, 0) is 49.6 Å². The topological polar surface area (TPSA) is 86.8 Å². The number of anilines is 1. The maximum atomic E-state index is 13.1. The average molecular weight is 514 g/mol. The van der Waals surface area contributed by atoms with Crippen LogP contribution in [0.3, 0.4) is 0 Å². The van der Waals surface area contributed by atoms with E-state index in [0.717, 1.165) is 11.8 Å². The second-order valence-electron chi connectivity index (χ2n) is 7.77. The van der Waals surface area contributed by atoms with Gasteiger partial charge in [-0.3, -0.25) is 13.9 Å². The van der Waals surface area contributed by atoms with E-state index in [4.69, 9.17) is 23.2 Å². The van der Waals surface area contributed by atoms with Gasteiger partial charge < -0.3 is 10.2 Å². The molecule has 1 atom stereocenters. The number of rotatable bonds is 10. The van der Waals surface area contributed by atoms with E-state index >= 15 is 0 Å². The molecule has 2 aromatic carbocycles. The van der Waals surface area contributed by atoms with Crippen LogP contribution in [0.5, 0.6) is 0 Å². The summed E-state index contributed by atoms with van der Waals surface area (Å²) in [6, 6.07) is 11.4. The Morgan fingerprint density at radius 1 is 1.12 bits per heavy atom. The summed E-state index contributed by atoms with van der Waals surface area (Å²) in [5, 5.41) is 3.42. The summed E-state index contributed by atoms with van der Waals surface area (Å²) in [6.07, 6.45) is 1.49. The first kappa shape index (κ1) is 27.0. The fourth-order valence-corrected chi connectivity index (χ4v) is 4.94. The summed E-state index contributed by atoms with van der Waals surface area (Å²) in [5.41, 5.74) is 2.06. The Bertz CT molecular complexity index is 1110. The lowest BCUT2D eigenvalue weighted by Gasteiger charge is -2.29. The normalized spacial score (nSPS) is 12.2. The van der Waals surface area contributed by atoms with Crippen molar-refractivity contribution < 1.29 is 18.0 Å². The van der Waals surface area contributed by atoms with Crippen LogP contribution in [0.25, 0.3) is 0 Å². The maximum absolute atomic E-state index is 13.1. The van der Waals surface area contributed by atoms with Crippen LogP contribution < -0.4 is 9.62 Å². The zero-order valence-electron chi connectivity index (χ0n) is 19.1. The number of likely N-dealkylation sites (N-methyl/N-ethyl adjacent to an activating group) is 1. The van der Waals surface area contributed by atoms with Gasteiger partial charge in [-0.2, -0.15) is 0 Å². The van der Waals surface area contributed by atoms with Crippen molar-refractivity contribution in [1.82, 2.24) is 10.2 Å². The van der Waals surface area contributed by atoms with Crippen LogP contribution in [-0.2, 0) is 26.2 Å². The molecule has 0 spiro atoms. The van der Waals surface area contributed by atoms with Crippen LogP contribution in [0.4, 0.5) is 5.69 Å². The minimum absolute atomic E-state index is 0.0600. The molecule has 7 nitrogen and oxygen atoms in total. The van der Waals surface area contributed by atoms with Gasteiger partial charge in [-0.25, -0.2) is 8.42 Å². The third-order valence-electron chi connectivity index (χ3n) is 5.31. The number of halogens is 2. The Morgan fingerprint density at radius 3 is 2.36 bits per heavy atom. The molecule has 0 fully saturated rings. The van der Waals surface area contributed by atoms with Crippen molar-refractivity contribution in [3.63, 3.8) is 0 Å². The SMILES string of the molecule is CNC(=O)[C@H](C)N(Cc1ccc(Cl)cc1Cl)C(=O)CCCN(c1ccccc1C)S(C)(=O)=O. The van der Waals surface area contributed by atoms with Gasteiger partial charge in [0.15, 0.2) is 0 Å². The third kappa shape index (κ3) is 7.35. The van der Waals surface area contributed by atoms with E-state index in [9.17, 15) is 18.0 Å². The summed E-state index contributed by atoms with van der Waals surface area (Å²) in [6.45, 7) is 3.73. The fraction of sp³-hybridized carbons (Fsp3) is 0.391. The van der Waals surface area contributed by atoms with Crippen molar-refractivity contribution in [2.75, 3.05) is 24.2 Å². The lowest BCUT2D eigenvalue weighted by Crippen LogP contribution is -2.46. The number of carbonyl (C=O) groups is 2. The molecule has 0 aromatic heterocycles. The van der Waals surface area contributed by atoms with Gasteiger partial charge in [0.1, 0.15) is 6.04 Å². The van der Waals surface area contributed by atoms with E-state index in [0.29, 0.717) is 21.3 Å². The number of sulfonamides is 1. The lowest BCUT2D eigenvalue weighted by atomic mass is 10.1. The summed E-state index contributed by atoms with van der Waals surface area (Å²) in [5.74, 6) is -0.596. The van der Waals surface area contributed by atoms with Crippen LogP contribution in [-0.4, -0.2) is 51.0 Å². The minimum Gasteiger partial charge on any atom is -0.357 e. The molecule has 0 saturated carbocycles. The lowest BCUT2D eigenvalue weighted by molar-refractivity contribution is -0.140. The van der Waals surface area contributed by atoms with Crippen LogP contribution in [0.15, 0.2) is 42.5 Å². The highest BCUT2D eigenvalue weighted by Gasteiger charge is 2.27. The number of hydrogen-bond acceptors (Lipinski definition) is 4. The van der Waals surface area contributed by atoms with E-state index < -0.39 is 16.1 Å². The van der Waals surface area contributed by atoms with Gasteiger partial charge in [0, 0.05) is 36.6 Å². The van der Waals surface area contributed by atoms with Crippen molar-refractivity contribution in [3.8, 4) is 0 Å². The Balaban J connectivity index is 2.19. The van der Waals surface area contributed by atoms with Crippen molar-refractivity contribution >= 4 is 50.7 Å². The first-order valence-electron chi connectivity index (χ1n) is 10.4. The van der Waals surface area contributed by atoms with E-state index in [1.807, 2.05) is 19.1 Å². The molecule has 1 N–H and O–H groups in total. The highest BCUT2D eigenvalue weighted by atomic mass is 35.5. The monoisotopic (exact) mass is 513 g/mol. The summed E-state index contributed by atoms with van der Waals surface area (Å²) in [7, 11) is -2.03. The number of carbonyl (C=O) groups excluding carboxylic acids is 2. The Kier molecular flexibility index (Phi) is 9.57. The summed E-state index contributed by atoms with van der Waals surface area (Å²) >= 11 is 12.2. The van der Waals surface area contributed by atoms with E-state index in [1.54, 1.807) is 37.3 Å². The molecule has 10 heteroatoms. The standard InChI is InChI=1S/C23H29Cl2N3O4S/c1-16-8-5-6-9-21(16)28(33(4,31)32)13-7-10-22(29)27(17(2)23(30)26-3)15-18-11-12-19(24)14-20(18)25/h5-6,8-9,11-12,14,17H,7,10,13,15H2,1-4H3,(H,26,30)/t17-/m0/s1. The molecule has 0 aliphatic heterocycles. The Labute approximate surface area is 205 Å². The summed E-state index contributed by atoms with van der Waals surface area (Å²) in [4.78, 5) is 26.8. The molecule has 0 saturated heterocycles. The molecule has 33 heavy (non-hydrogen) atoms. The number of hydrogen-bond donors (Lipinski definition) is 1. The molecular weight excluding hydrogens is 485 g/mol. The zero-order valence-corrected chi connectivity index (χ0v) is 21.5. The van der Waals surface area contributed by atoms with Gasteiger partial charge in [-0.1, -0.05) is 47.5 Å². The largest absolute Gasteiger partial charge is 0.357 e. The first-order chi connectivity index (χ1) is 15.5. The molecule has 0 bridgehead atoms. The molecule has 0 aliphatic carbocycles. The molecule has 180 valence electrons. The molecule has 2 rings (SSSR count). The van der Waals surface area contributed by atoms with Gasteiger partial charge in [0.25, 0.3) is 0 Å². The molecule has 0 radical (unpaired) electrons. The number of para-hydroxylation sites is 1. The van der Waals surface area contributed by atoms with Gasteiger partial charge >= 0.3 is 0 Å². The molecular formula is C23H29Cl2N3O4S. The van der Waals surface area contributed by atoms with Crippen molar-refractivity contribution in [1.29, 1.82) is 0 Å². The minimum atomic E-state index is -3.54. The molecule has 2 aromatic rings. The van der Waals surface area contributed by atoms with Crippen LogP contribution in [0, 0.1) is 6.92 Å². The fourth-order valence-electron chi connectivity index (χ4n) is 3.45. The third-order valence-corrected chi connectivity index (χ3v) is 7.07. The second-order valence-corrected chi connectivity index (χ2v) is 10.5. The van der Waals surface area contributed by atoms with E-state index in [-0.39, 0.29) is 37.7 Å². The smallest absolute Gasteiger partial charge is 0.242 e. The highest BCUT2D eigenvalue weighted by molar-refractivity contribution is 7.92. The second kappa shape index (κ2) is 11.7. The highest BCUT2D eigenvalue weighted by Crippen LogP contribution is 2.25. The van der Waals surface area contributed by atoms with Crippen LogP contribution in [0.2, 0.25) is 10.0 Å². The first-order valence-corrected chi connectivity index (χ1v) is 13.0. The van der Waals surface area contributed by atoms with E-state index in [1.165, 1.54) is 16.3 Å². The maximum Gasteiger partial charge on any atom is 0.242 e. The quantitative estimate of drug-likeness (QED) is 0.519. The van der Waals surface area contributed by atoms with Crippen molar-refractivity contribution in [2.24, 2.45) is 0 Å². The van der Waals surface area contributed by atoms with Crippen LogP contribution in [0.1, 0.15) is 30.9 Å². The molecule has 0 heterocycles. The molecule has 2 amide bonds. The Hall–Kier alpha value is -2.29. The molecule has 0 unspecified atom stereocenters. The van der Waals surface area contributed by atoms with Gasteiger partial charge in [0.2, 0.25) is 21.8 Å². The number of benzene rings is 2. The number of nitrogens with zero attached hydrogens (tertiary/aromatic N) is 2. The van der Waals surface area contributed by atoms with E-state index in [2.05, 4.69) is 5.32 Å². The zero-order chi connectivity index (χ0) is 24.8. The van der Waals surface area contributed by atoms with Crippen molar-refractivity contribution in [2.45, 2.75) is 39.3 Å². The van der Waals surface area contributed by atoms with Gasteiger partial charge in [-0.15, -0.1) is 0 Å². The van der Waals surface area contributed by atoms with Crippen molar-refractivity contribution in [3.05, 3.63) is 63.6 Å². The van der Waals surface area contributed by atoms with Crippen LogP contribution >= 0.6 is 23.2 Å². The molecule has 0 aliphatic rings.